The molecule has 2 nitrogen and oxygen atoms in total. The molecule has 3 aromatic rings. The van der Waals surface area contributed by atoms with Gasteiger partial charge >= 0.3 is 0 Å². The van der Waals surface area contributed by atoms with Crippen molar-refractivity contribution in [2.75, 3.05) is 0 Å². The minimum absolute atomic E-state index is 0.203. The lowest BCUT2D eigenvalue weighted by molar-refractivity contribution is 0.329. The van der Waals surface area contributed by atoms with Gasteiger partial charge in [-0.25, -0.2) is 0 Å². The number of rotatable bonds is 5. The molecule has 27 heavy (non-hydrogen) atoms. The van der Waals surface area contributed by atoms with Gasteiger partial charge in [-0.3, -0.25) is 0 Å². The zero-order chi connectivity index (χ0) is 19.2. The molecule has 0 unspecified atom stereocenters. The first-order valence-electron chi connectivity index (χ1n) is 8.84. The Kier molecular flexibility index (Phi) is 5.80. The maximum absolute atomic E-state index is 12.4. The SMILES string of the molecule is Cc1cc(CNF)c(C)cc1/C=C/c1cccc(-c2ccccc2)c1C#N. The molecule has 0 amide bonds. The van der Waals surface area contributed by atoms with E-state index >= 15 is 0 Å². The van der Waals surface area contributed by atoms with Crippen molar-refractivity contribution in [1.29, 1.82) is 5.26 Å². The van der Waals surface area contributed by atoms with Crippen LogP contribution >= 0.6 is 0 Å². The summed E-state index contributed by atoms with van der Waals surface area (Å²) < 4.78 is 12.4. The Hall–Kier alpha value is -3.22. The molecule has 0 aliphatic rings. The summed E-state index contributed by atoms with van der Waals surface area (Å²) in [5, 5.41) is 9.73. The van der Waals surface area contributed by atoms with E-state index in [1.165, 1.54) is 0 Å². The van der Waals surface area contributed by atoms with Crippen molar-refractivity contribution in [2.24, 2.45) is 0 Å². The van der Waals surface area contributed by atoms with Crippen molar-refractivity contribution in [3.63, 3.8) is 0 Å². The Bertz CT molecular complexity index is 1010. The molecule has 134 valence electrons. The van der Waals surface area contributed by atoms with E-state index in [1.807, 2.05) is 86.7 Å². The predicted molar refractivity (Wildman–Crippen MR) is 109 cm³/mol. The molecule has 1 N–H and O–H groups in total. The quantitative estimate of drug-likeness (QED) is 0.450. The van der Waals surface area contributed by atoms with Crippen LogP contribution in [0.4, 0.5) is 4.48 Å². The Morgan fingerprint density at radius 2 is 1.67 bits per heavy atom. The van der Waals surface area contributed by atoms with E-state index in [0.717, 1.165) is 38.9 Å². The number of nitriles is 1. The predicted octanol–water partition coefficient (Wildman–Crippen LogP) is 5.99. The number of nitrogens with zero attached hydrogens (tertiary/aromatic N) is 1. The smallest absolute Gasteiger partial charge is 0.100 e. The van der Waals surface area contributed by atoms with Gasteiger partial charge in [-0.1, -0.05) is 72.8 Å². The van der Waals surface area contributed by atoms with Gasteiger partial charge in [0.05, 0.1) is 12.1 Å². The molecule has 0 atom stereocenters. The van der Waals surface area contributed by atoms with Gasteiger partial charge in [-0.2, -0.15) is 10.8 Å². The first kappa shape index (κ1) is 18.6. The third-order valence-corrected chi connectivity index (χ3v) is 4.72. The maximum Gasteiger partial charge on any atom is 0.100 e. The van der Waals surface area contributed by atoms with E-state index in [9.17, 15) is 9.74 Å². The van der Waals surface area contributed by atoms with Crippen LogP contribution in [0.5, 0.6) is 0 Å². The van der Waals surface area contributed by atoms with Crippen molar-refractivity contribution in [1.82, 2.24) is 5.54 Å². The van der Waals surface area contributed by atoms with Crippen LogP contribution in [0.15, 0.2) is 60.7 Å². The van der Waals surface area contributed by atoms with Crippen LogP contribution in [0.25, 0.3) is 23.3 Å². The van der Waals surface area contributed by atoms with E-state index in [1.54, 1.807) is 5.54 Å². The van der Waals surface area contributed by atoms with Gasteiger partial charge < -0.3 is 0 Å². The number of benzene rings is 3. The second-order valence-electron chi connectivity index (χ2n) is 6.53. The minimum Gasteiger partial charge on any atom is -0.192 e. The summed E-state index contributed by atoms with van der Waals surface area (Å²) in [4.78, 5) is 0. The standard InChI is InChI=1S/C24H21FN2/c1-17-14-22(16-27-25)18(2)13-21(17)12-11-20-9-6-10-23(24(20)15-26)19-7-4-3-5-8-19/h3-14,27H,16H2,1-2H3/b12-11+. The summed E-state index contributed by atoms with van der Waals surface area (Å²) in [7, 11) is 0. The molecule has 0 aromatic heterocycles. The first-order valence-corrected chi connectivity index (χ1v) is 8.84. The van der Waals surface area contributed by atoms with Gasteiger partial charge in [-0.05, 0) is 47.2 Å². The van der Waals surface area contributed by atoms with E-state index < -0.39 is 0 Å². The van der Waals surface area contributed by atoms with Crippen molar-refractivity contribution >= 4 is 12.2 Å². The summed E-state index contributed by atoms with van der Waals surface area (Å²) in [6.07, 6.45) is 3.99. The molecular formula is C24H21FN2. The highest BCUT2D eigenvalue weighted by Crippen LogP contribution is 2.27. The van der Waals surface area contributed by atoms with Crippen LogP contribution in [0.1, 0.15) is 33.4 Å². The van der Waals surface area contributed by atoms with Crippen LogP contribution in [-0.4, -0.2) is 0 Å². The molecule has 0 radical (unpaired) electrons. The molecule has 3 aromatic carbocycles. The molecule has 0 saturated carbocycles. The fraction of sp³-hybridized carbons (Fsp3) is 0.125. The molecule has 3 rings (SSSR count). The largest absolute Gasteiger partial charge is 0.192 e. The number of aryl methyl sites for hydroxylation is 2. The van der Waals surface area contributed by atoms with Gasteiger partial charge in [-0.15, -0.1) is 4.48 Å². The Morgan fingerprint density at radius 1 is 0.926 bits per heavy atom. The van der Waals surface area contributed by atoms with Crippen LogP contribution in [-0.2, 0) is 6.54 Å². The van der Waals surface area contributed by atoms with Crippen molar-refractivity contribution < 1.29 is 4.48 Å². The summed E-state index contributed by atoms with van der Waals surface area (Å²) in [5.74, 6) is 0. The van der Waals surface area contributed by atoms with Gasteiger partial charge in [0.15, 0.2) is 0 Å². The summed E-state index contributed by atoms with van der Waals surface area (Å²) in [6.45, 7) is 4.18. The molecule has 3 heteroatoms. The highest BCUT2D eigenvalue weighted by atomic mass is 19.2. The van der Waals surface area contributed by atoms with E-state index in [4.69, 9.17) is 0 Å². The number of hydrogen-bond donors (Lipinski definition) is 1. The van der Waals surface area contributed by atoms with E-state index in [2.05, 4.69) is 6.07 Å². The van der Waals surface area contributed by atoms with Crippen LogP contribution in [0.3, 0.4) is 0 Å². The van der Waals surface area contributed by atoms with Crippen LogP contribution in [0.2, 0.25) is 0 Å². The number of nitrogens with one attached hydrogen (secondary N) is 1. The summed E-state index contributed by atoms with van der Waals surface area (Å²) in [6, 6.07) is 22.2. The molecule has 0 fully saturated rings. The van der Waals surface area contributed by atoms with Gasteiger partial charge in [0.1, 0.15) is 6.07 Å². The molecule has 0 aliphatic carbocycles. The lowest BCUT2D eigenvalue weighted by atomic mass is 9.95. The van der Waals surface area contributed by atoms with Gasteiger partial charge in [0.25, 0.3) is 0 Å². The number of hydrogen-bond acceptors (Lipinski definition) is 2. The van der Waals surface area contributed by atoms with E-state index in [0.29, 0.717) is 5.56 Å². The molecule has 0 spiro atoms. The average Bonchev–Trinajstić information content (AvgIpc) is 2.70. The van der Waals surface area contributed by atoms with Gasteiger partial charge in [0.2, 0.25) is 0 Å². The summed E-state index contributed by atoms with van der Waals surface area (Å²) >= 11 is 0. The zero-order valence-electron chi connectivity index (χ0n) is 15.5. The van der Waals surface area contributed by atoms with Gasteiger partial charge in [0, 0.05) is 5.56 Å². The maximum atomic E-state index is 12.4. The molecule has 0 saturated heterocycles. The second kappa shape index (κ2) is 8.44. The zero-order valence-corrected chi connectivity index (χ0v) is 15.5. The second-order valence-corrected chi connectivity index (χ2v) is 6.53. The third-order valence-electron chi connectivity index (χ3n) is 4.72. The highest BCUT2D eigenvalue weighted by molar-refractivity contribution is 5.80. The number of halogens is 1. The topological polar surface area (TPSA) is 35.8 Å². The first-order chi connectivity index (χ1) is 13.1. The average molecular weight is 356 g/mol. The normalized spacial score (nSPS) is 10.9. The molecule has 0 aliphatic heterocycles. The Balaban J connectivity index is 1.99. The minimum atomic E-state index is 0.203. The Labute approximate surface area is 159 Å². The van der Waals surface area contributed by atoms with Crippen LogP contribution in [0, 0.1) is 25.2 Å². The van der Waals surface area contributed by atoms with Crippen LogP contribution < -0.4 is 5.54 Å². The summed E-state index contributed by atoms with van der Waals surface area (Å²) in [5.41, 5.74) is 9.31. The third kappa shape index (κ3) is 4.13. The highest BCUT2D eigenvalue weighted by Gasteiger charge is 2.08. The fourth-order valence-electron chi connectivity index (χ4n) is 3.21. The van der Waals surface area contributed by atoms with Crippen molar-refractivity contribution in [2.45, 2.75) is 20.4 Å². The fourth-order valence-corrected chi connectivity index (χ4v) is 3.21. The molecular weight excluding hydrogens is 335 g/mol. The lowest BCUT2D eigenvalue weighted by Gasteiger charge is -2.10. The monoisotopic (exact) mass is 356 g/mol. The Morgan fingerprint density at radius 3 is 2.37 bits per heavy atom. The lowest BCUT2D eigenvalue weighted by Crippen LogP contribution is -2.03. The van der Waals surface area contributed by atoms with E-state index in [-0.39, 0.29) is 6.54 Å². The van der Waals surface area contributed by atoms with Crippen molar-refractivity contribution in [3.8, 4) is 17.2 Å². The van der Waals surface area contributed by atoms with Crippen molar-refractivity contribution in [3.05, 3.63) is 94.0 Å². The molecule has 0 bridgehead atoms. The molecule has 0 heterocycles.